The highest BCUT2D eigenvalue weighted by Crippen LogP contribution is 2.40. The van der Waals surface area contributed by atoms with Gasteiger partial charge in [0.1, 0.15) is 5.82 Å². The van der Waals surface area contributed by atoms with Gasteiger partial charge in [0.2, 0.25) is 15.9 Å². The minimum absolute atomic E-state index is 0.0639. The van der Waals surface area contributed by atoms with Crippen LogP contribution in [0.5, 0.6) is 0 Å². The predicted molar refractivity (Wildman–Crippen MR) is 115 cm³/mol. The number of carbonyl (C=O) groups excluding carboxylic acids is 2. The second kappa shape index (κ2) is 8.43. The van der Waals surface area contributed by atoms with Crippen molar-refractivity contribution in [3.63, 3.8) is 0 Å². The average molecular weight is 446 g/mol. The van der Waals surface area contributed by atoms with Gasteiger partial charge in [-0.15, -0.1) is 0 Å². The molecule has 166 valence electrons. The number of sulfonamides is 1. The molecule has 31 heavy (non-hydrogen) atoms. The molecular formula is C21H27N5O4S. The van der Waals surface area contributed by atoms with Crippen molar-refractivity contribution < 1.29 is 18.0 Å². The molecule has 0 spiro atoms. The Morgan fingerprint density at radius 3 is 2.48 bits per heavy atom. The zero-order chi connectivity index (χ0) is 22.2. The number of nitrogens with zero attached hydrogens (tertiary/aromatic N) is 4. The van der Waals surface area contributed by atoms with Crippen molar-refractivity contribution in [3.05, 3.63) is 42.1 Å². The largest absolute Gasteiger partial charge is 0.340 e. The molecule has 0 radical (unpaired) electrons. The molecule has 1 saturated carbocycles. The minimum atomic E-state index is -3.76. The standard InChI is InChI=1S/C21H27N5O4S/c1-15(17-6-7-17)26-20(8-9-22-26)23-21(28)18-4-3-5-19(14-18)31(29,30)25-12-10-24(11-13-25)16(2)27/h3-5,8-9,14-15,17H,6-7,10-13H2,1-2H3,(H,23,28). The quantitative estimate of drug-likeness (QED) is 0.732. The first-order chi connectivity index (χ1) is 14.8. The molecular weight excluding hydrogens is 418 g/mol. The molecule has 4 rings (SSSR count). The molecule has 2 fully saturated rings. The molecule has 2 aliphatic rings. The lowest BCUT2D eigenvalue weighted by Crippen LogP contribution is -2.49. The second-order valence-corrected chi connectivity index (χ2v) is 10.1. The van der Waals surface area contributed by atoms with Gasteiger partial charge >= 0.3 is 0 Å². The van der Waals surface area contributed by atoms with Gasteiger partial charge in [-0.25, -0.2) is 13.1 Å². The first-order valence-corrected chi connectivity index (χ1v) is 11.9. The van der Waals surface area contributed by atoms with Crippen LogP contribution in [0.1, 0.15) is 43.1 Å². The van der Waals surface area contributed by atoms with E-state index in [1.54, 1.807) is 29.3 Å². The van der Waals surface area contributed by atoms with Crippen LogP contribution >= 0.6 is 0 Å². The second-order valence-electron chi connectivity index (χ2n) is 8.13. The highest BCUT2D eigenvalue weighted by atomic mass is 32.2. The van der Waals surface area contributed by atoms with Gasteiger partial charge in [-0.2, -0.15) is 9.40 Å². The summed E-state index contributed by atoms with van der Waals surface area (Å²) in [6.07, 6.45) is 3.97. The summed E-state index contributed by atoms with van der Waals surface area (Å²) in [4.78, 5) is 26.0. The third-order valence-corrected chi connectivity index (χ3v) is 7.91. The summed E-state index contributed by atoms with van der Waals surface area (Å²) >= 11 is 0. The van der Waals surface area contributed by atoms with E-state index in [4.69, 9.17) is 0 Å². The summed E-state index contributed by atoms with van der Waals surface area (Å²) in [7, 11) is -3.76. The number of carbonyl (C=O) groups is 2. The van der Waals surface area contributed by atoms with Gasteiger partial charge < -0.3 is 10.2 Å². The Labute approximate surface area is 182 Å². The molecule has 1 saturated heterocycles. The summed E-state index contributed by atoms with van der Waals surface area (Å²) in [6, 6.07) is 7.98. The monoisotopic (exact) mass is 445 g/mol. The fourth-order valence-corrected chi connectivity index (χ4v) is 5.36. The van der Waals surface area contributed by atoms with Gasteiger partial charge in [0.05, 0.1) is 17.1 Å². The van der Waals surface area contributed by atoms with Crippen LogP contribution < -0.4 is 5.32 Å². The topological polar surface area (TPSA) is 105 Å². The number of hydrogen-bond donors (Lipinski definition) is 1. The predicted octanol–water partition coefficient (Wildman–Crippen LogP) is 1.96. The van der Waals surface area contributed by atoms with Gasteiger partial charge in [-0.3, -0.25) is 9.59 Å². The average Bonchev–Trinajstić information content (AvgIpc) is 3.52. The van der Waals surface area contributed by atoms with Crippen LogP contribution in [0, 0.1) is 5.92 Å². The Morgan fingerprint density at radius 2 is 1.84 bits per heavy atom. The van der Waals surface area contributed by atoms with Crippen molar-refractivity contribution in [1.82, 2.24) is 19.0 Å². The first-order valence-electron chi connectivity index (χ1n) is 10.5. The molecule has 1 atom stereocenters. The summed E-state index contributed by atoms with van der Waals surface area (Å²) in [6.45, 7) is 4.74. The molecule has 1 aromatic carbocycles. The lowest BCUT2D eigenvalue weighted by atomic mass is 10.2. The Bertz CT molecular complexity index is 1080. The summed E-state index contributed by atoms with van der Waals surface area (Å²) in [5, 5.41) is 7.19. The first kappa shape index (κ1) is 21.5. The van der Waals surface area contributed by atoms with E-state index in [1.165, 1.54) is 23.4 Å². The van der Waals surface area contributed by atoms with E-state index in [2.05, 4.69) is 17.3 Å². The minimum Gasteiger partial charge on any atom is -0.340 e. The van der Waals surface area contributed by atoms with Crippen molar-refractivity contribution in [2.24, 2.45) is 5.92 Å². The Kier molecular flexibility index (Phi) is 5.85. The highest BCUT2D eigenvalue weighted by molar-refractivity contribution is 7.89. The fraction of sp³-hybridized carbons (Fsp3) is 0.476. The highest BCUT2D eigenvalue weighted by Gasteiger charge is 2.31. The van der Waals surface area contributed by atoms with Crippen LogP contribution in [0.25, 0.3) is 0 Å². The van der Waals surface area contributed by atoms with Crippen molar-refractivity contribution in [1.29, 1.82) is 0 Å². The van der Waals surface area contributed by atoms with E-state index < -0.39 is 10.0 Å². The number of rotatable bonds is 6. The molecule has 1 unspecified atom stereocenters. The van der Waals surface area contributed by atoms with E-state index in [-0.39, 0.29) is 41.4 Å². The SMILES string of the molecule is CC(=O)N1CCN(S(=O)(=O)c2cccc(C(=O)Nc3ccnn3C(C)C3CC3)c2)CC1. The molecule has 1 N–H and O–H groups in total. The van der Waals surface area contributed by atoms with Crippen molar-refractivity contribution in [2.45, 2.75) is 37.6 Å². The van der Waals surface area contributed by atoms with Crippen LogP contribution in [0.4, 0.5) is 5.82 Å². The van der Waals surface area contributed by atoms with Gasteiger partial charge in [0, 0.05) is 44.7 Å². The maximum Gasteiger partial charge on any atom is 0.256 e. The Hall–Kier alpha value is -2.72. The van der Waals surface area contributed by atoms with Gasteiger partial charge in [0.15, 0.2) is 0 Å². The van der Waals surface area contributed by atoms with E-state index >= 15 is 0 Å². The molecule has 1 aromatic heterocycles. The van der Waals surface area contributed by atoms with E-state index in [9.17, 15) is 18.0 Å². The number of benzene rings is 1. The van der Waals surface area contributed by atoms with Crippen LogP contribution in [-0.2, 0) is 14.8 Å². The molecule has 1 aliphatic heterocycles. The maximum absolute atomic E-state index is 13.1. The normalized spacial score (nSPS) is 18.6. The third kappa shape index (κ3) is 4.49. The van der Waals surface area contributed by atoms with E-state index in [0.29, 0.717) is 24.8 Å². The smallest absolute Gasteiger partial charge is 0.256 e. The third-order valence-electron chi connectivity index (χ3n) is 6.02. The number of amides is 2. The van der Waals surface area contributed by atoms with Crippen LogP contribution in [0.15, 0.2) is 41.4 Å². The van der Waals surface area contributed by atoms with Crippen LogP contribution in [0.3, 0.4) is 0 Å². The summed E-state index contributed by atoms with van der Waals surface area (Å²) in [5.74, 6) is 0.722. The number of anilines is 1. The molecule has 2 aromatic rings. The summed E-state index contributed by atoms with van der Waals surface area (Å²) < 4.78 is 29.3. The fourth-order valence-electron chi connectivity index (χ4n) is 3.89. The zero-order valence-corrected chi connectivity index (χ0v) is 18.5. The molecule has 10 heteroatoms. The number of piperazine rings is 1. The number of aromatic nitrogens is 2. The van der Waals surface area contributed by atoms with Crippen molar-refractivity contribution in [3.8, 4) is 0 Å². The van der Waals surface area contributed by atoms with Crippen LogP contribution in [-0.4, -0.2) is 65.4 Å². The van der Waals surface area contributed by atoms with Gasteiger partial charge in [0.25, 0.3) is 5.91 Å². The molecule has 2 heterocycles. The number of nitrogens with one attached hydrogen (secondary N) is 1. The molecule has 0 bridgehead atoms. The maximum atomic E-state index is 13.1. The molecule has 9 nitrogen and oxygen atoms in total. The van der Waals surface area contributed by atoms with Crippen molar-refractivity contribution in [2.75, 3.05) is 31.5 Å². The zero-order valence-electron chi connectivity index (χ0n) is 17.7. The number of hydrogen-bond acceptors (Lipinski definition) is 5. The Balaban J connectivity index is 1.49. The lowest BCUT2D eigenvalue weighted by Gasteiger charge is -2.33. The Morgan fingerprint density at radius 1 is 1.13 bits per heavy atom. The van der Waals surface area contributed by atoms with E-state index in [0.717, 1.165) is 12.8 Å². The van der Waals surface area contributed by atoms with E-state index in [1.807, 2.05) is 4.68 Å². The molecule has 2 amide bonds. The van der Waals surface area contributed by atoms with Crippen LogP contribution in [0.2, 0.25) is 0 Å². The van der Waals surface area contributed by atoms with Crippen molar-refractivity contribution >= 4 is 27.7 Å². The van der Waals surface area contributed by atoms with Gasteiger partial charge in [-0.05, 0) is 43.9 Å². The summed E-state index contributed by atoms with van der Waals surface area (Å²) in [5.41, 5.74) is 0.260. The molecule has 1 aliphatic carbocycles. The lowest BCUT2D eigenvalue weighted by molar-refractivity contribution is -0.129. The van der Waals surface area contributed by atoms with Gasteiger partial charge in [-0.1, -0.05) is 6.07 Å².